The molecule has 1 aromatic carbocycles. The fraction of sp³-hybridized carbons (Fsp3) is 0.364. The van der Waals surface area contributed by atoms with Gasteiger partial charge in [0.15, 0.2) is 9.84 Å². The second kappa shape index (κ2) is 4.78. The highest BCUT2D eigenvalue weighted by atomic mass is 79.9. The first-order valence-corrected chi connectivity index (χ1v) is 7.70. The van der Waals surface area contributed by atoms with Crippen molar-refractivity contribution in [1.82, 2.24) is 4.90 Å². The largest absolute Gasteiger partial charge is 0.328 e. The maximum absolute atomic E-state index is 12.0. The van der Waals surface area contributed by atoms with Gasteiger partial charge in [0.25, 0.3) is 0 Å². The molecule has 1 aliphatic rings. The fourth-order valence-electron chi connectivity index (χ4n) is 1.76. The predicted octanol–water partition coefficient (Wildman–Crippen LogP) is 1.80. The van der Waals surface area contributed by atoms with Crippen molar-refractivity contribution in [1.29, 1.82) is 0 Å². The molecule has 1 aromatic rings. The van der Waals surface area contributed by atoms with Crippen molar-refractivity contribution in [3.63, 3.8) is 0 Å². The Morgan fingerprint density at radius 2 is 1.88 bits per heavy atom. The van der Waals surface area contributed by atoms with Gasteiger partial charge in [0, 0.05) is 17.4 Å². The first-order chi connectivity index (χ1) is 7.99. The van der Waals surface area contributed by atoms with Crippen molar-refractivity contribution in [3.05, 3.63) is 28.7 Å². The number of likely N-dealkylation sites (tertiary alicyclic amines) is 1. The van der Waals surface area contributed by atoms with E-state index >= 15 is 0 Å². The number of amides is 1. The second-order valence-corrected chi connectivity index (χ2v) is 6.83. The zero-order valence-electron chi connectivity index (χ0n) is 9.10. The van der Waals surface area contributed by atoms with E-state index in [9.17, 15) is 13.2 Å². The Morgan fingerprint density at radius 3 is 2.41 bits per heavy atom. The van der Waals surface area contributed by atoms with Gasteiger partial charge in [-0.2, -0.15) is 0 Å². The molecule has 0 spiro atoms. The first kappa shape index (κ1) is 12.6. The Bertz CT molecular complexity index is 524. The molecule has 0 unspecified atom stereocenters. The minimum Gasteiger partial charge on any atom is -0.328 e. The number of rotatable bonds is 3. The molecule has 0 atom stereocenters. The van der Waals surface area contributed by atoms with Gasteiger partial charge in [0.05, 0.1) is 4.90 Å². The molecule has 6 heteroatoms. The van der Waals surface area contributed by atoms with Crippen molar-refractivity contribution in [3.8, 4) is 0 Å². The lowest BCUT2D eigenvalue weighted by Crippen LogP contribution is -2.30. The molecule has 1 heterocycles. The van der Waals surface area contributed by atoms with Gasteiger partial charge in [-0.3, -0.25) is 4.79 Å². The Kier molecular flexibility index (Phi) is 3.53. The third-order valence-corrected chi connectivity index (χ3v) is 4.84. The number of carbonyl (C=O) groups excluding carboxylic acids is 1. The molecule has 0 saturated carbocycles. The summed E-state index contributed by atoms with van der Waals surface area (Å²) in [6.07, 6.45) is 1.20. The molecule has 0 bridgehead atoms. The molecule has 1 amide bonds. The molecule has 0 radical (unpaired) electrons. The van der Waals surface area contributed by atoms with E-state index in [1.165, 1.54) is 4.90 Å². The normalized spacial score (nSPS) is 16.5. The molecule has 17 heavy (non-hydrogen) atoms. The monoisotopic (exact) mass is 317 g/mol. The summed E-state index contributed by atoms with van der Waals surface area (Å²) in [5.41, 5.74) is 0. The number of benzene rings is 1. The Labute approximate surface area is 109 Å². The topological polar surface area (TPSA) is 54.5 Å². The van der Waals surface area contributed by atoms with E-state index in [4.69, 9.17) is 0 Å². The summed E-state index contributed by atoms with van der Waals surface area (Å²) >= 11 is 3.25. The van der Waals surface area contributed by atoms with Crippen LogP contribution < -0.4 is 0 Å². The van der Waals surface area contributed by atoms with Crippen LogP contribution in [-0.4, -0.2) is 31.6 Å². The van der Waals surface area contributed by atoms with Crippen LogP contribution in [0.3, 0.4) is 0 Å². The molecule has 2 rings (SSSR count). The van der Waals surface area contributed by atoms with Crippen LogP contribution >= 0.6 is 15.9 Å². The maximum atomic E-state index is 12.0. The summed E-state index contributed by atoms with van der Waals surface area (Å²) < 4.78 is 24.9. The molecule has 0 N–H and O–H groups in total. The highest BCUT2D eigenvalue weighted by molar-refractivity contribution is 9.10. The van der Waals surface area contributed by atoms with E-state index in [2.05, 4.69) is 15.9 Å². The van der Waals surface area contributed by atoms with Gasteiger partial charge in [-0.1, -0.05) is 15.9 Å². The smallest absolute Gasteiger partial charge is 0.223 e. The fourth-order valence-corrected chi connectivity index (χ4v) is 3.41. The van der Waals surface area contributed by atoms with Gasteiger partial charge in [-0.15, -0.1) is 0 Å². The molecular weight excluding hydrogens is 306 g/mol. The van der Waals surface area contributed by atoms with E-state index in [1.807, 2.05) is 0 Å². The van der Waals surface area contributed by atoms with E-state index in [1.54, 1.807) is 24.3 Å². The Balaban J connectivity index is 2.19. The van der Waals surface area contributed by atoms with Gasteiger partial charge >= 0.3 is 0 Å². The highest BCUT2D eigenvalue weighted by Gasteiger charge is 2.26. The average molecular weight is 318 g/mol. The first-order valence-electron chi connectivity index (χ1n) is 5.25. The average Bonchev–Trinajstić information content (AvgIpc) is 2.64. The SMILES string of the molecule is O=C1CCCN1CS(=O)(=O)c1ccc(Br)cc1. The molecule has 92 valence electrons. The van der Waals surface area contributed by atoms with E-state index in [-0.39, 0.29) is 16.7 Å². The van der Waals surface area contributed by atoms with Crippen LogP contribution in [0.15, 0.2) is 33.6 Å². The van der Waals surface area contributed by atoms with Gasteiger partial charge in [-0.25, -0.2) is 8.42 Å². The summed E-state index contributed by atoms with van der Waals surface area (Å²) in [5.74, 6) is -0.293. The lowest BCUT2D eigenvalue weighted by molar-refractivity contribution is -0.126. The summed E-state index contributed by atoms with van der Waals surface area (Å²) in [6, 6.07) is 6.44. The van der Waals surface area contributed by atoms with Crippen molar-refractivity contribution in [2.24, 2.45) is 0 Å². The van der Waals surface area contributed by atoms with Gasteiger partial charge < -0.3 is 4.90 Å². The lowest BCUT2D eigenvalue weighted by atomic mass is 10.4. The highest BCUT2D eigenvalue weighted by Crippen LogP contribution is 2.19. The van der Waals surface area contributed by atoms with Gasteiger partial charge in [0.2, 0.25) is 5.91 Å². The molecular formula is C11H12BrNO3S. The maximum Gasteiger partial charge on any atom is 0.223 e. The van der Waals surface area contributed by atoms with Crippen LogP contribution in [0.4, 0.5) is 0 Å². The Hall–Kier alpha value is -0.880. The van der Waals surface area contributed by atoms with Crippen LogP contribution in [0, 0.1) is 0 Å². The number of nitrogens with zero attached hydrogens (tertiary/aromatic N) is 1. The van der Waals surface area contributed by atoms with E-state index in [0.29, 0.717) is 13.0 Å². The van der Waals surface area contributed by atoms with Crippen LogP contribution in [0.2, 0.25) is 0 Å². The van der Waals surface area contributed by atoms with Crippen LogP contribution in [-0.2, 0) is 14.6 Å². The lowest BCUT2D eigenvalue weighted by Gasteiger charge is -2.15. The zero-order chi connectivity index (χ0) is 12.5. The second-order valence-electron chi connectivity index (χ2n) is 3.96. The predicted molar refractivity (Wildman–Crippen MR) is 67.1 cm³/mol. The number of sulfone groups is 1. The van der Waals surface area contributed by atoms with Crippen molar-refractivity contribution in [2.45, 2.75) is 17.7 Å². The van der Waals surface area contributed by atoms with Crippen molar-refractivity contribution in [2.75, 3.05) is 12.4 Å². The summed E-state index contributed by atoms with van der Waals surface area (Å²) in [6.45, 7) is 0.536. The minimum absolute atomic E-state index is 0.0781. The number of hydrogen-bond donors (Lipinski definition) is 0. The minimum atomic E-state index is -3.41. The van der Waals surface area contributed by atoms with Crippen LogP contribution in [0.5, 0.6) is 0 Å². The number of hydrogen-bond acceptors (Lipinski definition) is 3. The van der Waals surface area contributed by atoms with Crippen molar-refractivity contribution >= 4 is 31.7 Å². The zero-order valence-corrected chi connectivity index (χ0v) is 11.5. The summed E-state index contributed by atoms with van der Waals surface area (Å²) in [7, 11) is -3.41. The molecule has 0 aliphatic carbocycles. The standard InChI is InChI=1S/C11H12BrNO3S/c12-9-3-5-10(6-4-9)17(15,16)8-13-7-1-2-11(13)14/h3-6H,1-2,7-8H2. The summed E-state index contributed by atoms with van der Waals surface area (Å²) in [4.78, 5) is 13.0. The molecule has 0 aromatic heterocycles. The molecule has 4 nitrogen and oxygen atoms in total. The van der Waals surface area contributed by atoms with Gasteiger partial charge in [-0.05, 0) is 30.7 Å². The third-order valence-electron chi connectivity index (χ3n) is 2.67. The number of halogens is 1. The molecule has 1 saturated heterocycles. The molecule has 1 fully saturated rings. The van der Waals surface area contributed by atoms with Crippen LogP contribution in [0.25, 0.3) is 0 Å². The third kappa shape index (κ3) is 2.87. The van der Waals surface area contributed by atoms with Crippen molar-refractivity contribution < 1.29 is 13.2 Å². The molecule has 1 aliphatic heterocycles. The van der Waals surface area contributed by atoms with Gasteiger partial charge in [0.1, 0.15) is 5.88 Å². The number of carbonyl (C=O) groups is 1. The van der Waals surface area contributed by atoms with E-state index < -0.39 is 9.84 Å². The van der Waals surface area contributed by atoms with Crippen LogP contribution in [0.1, 0.15) is 12.8 Å². The quantitative estimate of drug-likeness (QED) is 0.854. The summed E-state index contributed by atoms with van der Waals surface area (Å²) in [5, 5.41) is 0. The van der Waals surface area contributed by atoms with E-state index in [0.717, 1.165) is 10.9 Å². The Morgan fingerprint density at radius 1 is 1.24 bits per heavy atom.